The van der Waals surface area contributed by atoms with Gasteiger partial charge in [0.25, 0.3) is 0 Å². The predicted octanol–water partition coefficient (Wildman–Crippen LogP) is 1.58. The van der Waals surface area contributed by atoms with Gasteiger partial charge >= 0.3 is 17.7 Å². The van der Waals surface area contributed by atoms with Crippen molar-refractivity contribution in [1.29, 1.82) is 0 Å². The first-order valence-corrected chi connectivity index (χ1v) is 7.67. The highest BCUT2D eigenvalue weighted by Gasteiger charge is 2.60. The van der Waals surface area contributed by atoms with Crippen LogP contribution in [-0.2, 0) is 36.7 Å². The molecule has 0 aromatic heterocycles. The second-order valence-corrected chi connectivity index (χ2v) is 5.30. The maximum atomic E-state index is 12.3. The summed E-state index contributed by atoms with van der Waals surface area (Å²) < 4.78 is 20.7. The van der Waals surface area contributed by atoms with E-state index in [4.69, 9.17) is 14.2 Å². The summed E-state index contributed by atoms with van der Waals surface area (Å²) in [5.74, 6) is -3.82. The Bertz CT molecular complexity index is 680. The summed E-state index contributed by atoms with van der Waals surface area (Å²) in [6.45, 7) is 5.02. The molecule has 0 N–H and O–H groups in total. The van der Waals surface area contributed by atoms with Crippen LogP contribution in [0, 0.1) is 0 Å². The molecule has 0 saturated heterocycles. The van der Waals surface area contributed by atoms with Gasteiger partial charge in [0.15, 0.2) is 11.5 Å². The van der Waals surface area contributed by atoms with E-state index >= 15 is 0 Å². The molecular weight excluding hydrogens is 316 g/mol. The zero-order valence-electron chi connectivity index (χ0n) is 14.1. The van der Waals surface area contributed by atoms with Gasteiger partial charge in [-0.05, 0) is 31.9 Å². The Balaban J connectivity index is 2.50. The molecule has 1 heterocycles. The normalized spacial score (nSPS) is 18.2. The molecule has 7 nitrogen and oxygen atoms in total. The average molecular weight is 336 g/mol. The lowest BCUT2D eigenvalue weighted by atomic mass is 9.99. The zero-order chi connectivity index (χ0) is 17.9. The number of fused-ring (bicyclic) bond motifs is 1. The molecule has 0 aliphatic carbocycles. The van der Waals surface area contributed by atoms with Crippen molar-refractivity contribution in [3.63, 3.8) is 0 Å². The Kier molecular flexibility index (Phi) is 5.11. The summed E-state index contributed by atoms with van der Waals surface area (Å²) in [7, 11) is 1.13. The molecule has 0 saturated carbocycles. The zero-order valence-corrected chi connectivity index (χ0v) is 14.1. The predicted molar refractivity (Wildman–Crippen MR) is 82.8 cm³/mol. The summed E-state index contributed by atoms with van der Waals surface area (Å²) in [6, 6.07) is 3.29. The minimum atomic E-state index is -2.31. The molecule has 1 atom stereocenters. The molecule has 1 aromatic carbocycles. The molecule has 0 fully saturated rings. The number of ketones is 1. The smallest absolute Gasteiger partial charge is 0.453 e. The van der Waals surface area contributed by atoms with Gasteiger partial charge in [-0.1, -0.05) is 13.0 Å². The molecule has 1 aromatic rings. The quantitative estimate of drug-likeness (QED) is 0.575. The largest absolute Gasteiger partial charge is 0.463 e. The number of ether oxygens (including phenoxy) is 4. The summed E-state index contributed by atoms with van der Waals surface area (Å²) in [4.78, 5) is 35.9. The number of hydrogen-bond acceptors (Lipinski definition) is 7. The molecule has 1 unspecified atom stereocenters. The van der Waals surface area contributed by atoms with Crippen LogP contribution in [0.15, 0.2) is 12.1 Å². The number of hydrogen-bond donors (Lipinski definition) is 0. The van der Waals surface area contributed by atoms with Crippen molar-refractivity contribution in [1.82, 2.24) is 0 Å². The average Bonchev–Trinajstić information content (AvgIpc) is 2.94. The molecule has 0 spiro atoms. The van der Waals surface area contributed by atoms with Crippen LogP contribution >= 0.6 is 0 Å². The number of carbonyl (C=O) groups excluding carboxylic acids is 3. The fourth-order valence-corrected chi connectivity index (χ4v) is 2.59. The topological polar surface area (TPSA) is 88.1 Å². The summed E-state index contributed by atoms with van der Waals surface area (Å²) in [5.41, 5.74) is 1.47. The molecule has 24 heavy (non-hydrogen) atoms. The standard InChI is InChI=1S/C17H20O7/c1-5-12-11(9-10(3)18)7-8-13-14(12)24-17(23-13,15(19)21-4)16(20)22-6-2/h7-8H,5-6,9H2,1-4H3. The van der Waals surface area contributed by atoms with Crippen molar-refractivity contribution < 1.29 is 33.3 Å². The van der Waals surface area contributed by atoms with Crippen LogP contribution in [0.5, 0.6) is 11.5 Å². The third kappa shape index (κ3) is 2.93. The van der Waals surface area contributed by atoms with E-state index < -0.39 is 17.7 Å². The number of Topliss-reactive ketones (excluding diaryl/α,β-unsaturated/α-hetero) is 1. The van der Waals surface area contributed by atoms with Crippen LogP contribution in [0.25, 0.3) is 0 Å². The minimum Gasteiger partial charge on any atom is -0.463 e. The summed E-state index contributed by atoms with van der Waals surface area (Å²) >= 11 is 0. The second kappa shape index (κ2) is 6.90. The van der Waals surface area contributed by atoms with E-state index in [1.807, 2.05) is 6.92 Å². The van der Waals surface area contributed by atoms with E-state index in [0.29, 0.717) is 12.0 Å². The van der Waals surface area contributed by atoms with Crippen LogP contribution in [0.2, 0.25) is 0 Å². The Labute approximate surface area is 139 Å². The molecule has 0 radical (unpaired) electrons. The number of benzene rings is 1. The van der Waals surface area contributed by atoms with Gasteiger partial charge < -0.3 is 18.9 Å². The first-order chi connectivity index (χ1) is 11.4. The fourth-order valence-electron chi connectivity index (χ4n) is 2.59. The van der Waals surface area contributed by atoms with E-state index in [0.717, 1.165) is 12.7 Å². The van der Waals surface area contributed by atoms with Gasteiger partial charge in [0, 0.05) is 12.0 Å². The van der Waals surface area contributed by atoms with E-state index in [9.17, 15) is 14.4 Å². The van der Waals surface area contributed by atoms with Gasteiger partial charge in [0.05, 0.1) is 13.7 Å². The summed E-state index contributed by atoms with van der Waals surface area (Å²) in [5, 5.41) is 0. The Morgan fingerprint density at radius 3 is 2.38 bits per heavy atom. The maximum absolute atomic E-state index is 12.3. The van der Waals surface area contributed by atoms with Crippen LogP contribution in [-0.4, -0.2) is 37.2 Å². The molecule has 1 aliphatic rings. The molecule has 2 rings (SSSR count). The van der Waals surface area contributed by atoms with Crippen molar-refractivity contribution >= 4 is 17.7 Å². The summed E-state index contributed by atoms with van der Waals surface area (Å²) in [6.07, 6.45) is 0.764. The monoisotopic (exact) mass is 336 g/mol. The van der Waals surface area contributed by atoms with E-state index in [1.54, 1.807) is 19.1 Å². The molecule has 0 bridgehead atoms. The first kappa shape index (κ1) is 17.8. The first-order valence-electron chi connectivity index (χ1n) is 7.67. The Morgan fingerprint density at radius 1 is 1.12 bits per heavy atom. The number of carbonyl (C=O) groups is 3. The third-order valence-electron chi connectivity index (χ3n) is 3.61. The van der Waals surface area contributed by atoms with Gasteiger partial charge in [-0.3, -0.25) is 4.79 Å². The molecular formula is C17H20O7. The lowest BCUT2D eigenvalue weighted by molar-refractivity contribution is -0.200. The van der Waals surface area contributed by atoms with Crippen LogP contribution in [0.4, 0.5) is 0 Å². The van der Waals surface area contributed by atoms with Crippen LogP contribution < -0.4 is 9.47 Å². The van der Waals surface area contributed by atoms with Crippen molar-refractivity contribution in [3.05, 3.63) is 23.3 Å². The third-order valence-corrected chi connectivity index (χ3v) is 3.61. The van der Waals surface area contributed by atoms with Crippen LogP contribution in [0.3, 0.4) is 0 Å². The van der Waals surface area contributed by atoms with Crippen molar-refractivity contribution in [2.75, 3.05) is 13.7 Å². The maximum Gasteiger partial charge on any atom is 0.453 e. The van der Waals surface area contributed by atoms with Gasteiger partial charge in [-0.2, -0.15) is 0 Å². The highest BCUT2D eigenvalue weighted by atomic mass is 16.8. The van der Waals surface area contributed by atoms with Crippen molar-refractivity contribution in [2.45, 2.75) is 39.4 Å². The van der Waals surface area contributed by atoms with Crippen LogP contribution in [0.1, 0.15) is 31.9 Å². The number of esters is 2. The second-order valence-electron chi connectivity index (χ2n) is 5.30. The van der Waals surface area contributed by atoms with Gasteiger partial charge in [0.1, 0.15) is 5.78 Å². The minimum absolute atomic E-state index is 0.00631. The fraction of sp³-hybridized carbons (Fsp3) is 0.471. The molecule has 0 amide bonds. The van der Waals surface area contributed by atoms with Crippen molar-refractivity contribution in [3.8, 4) is 11.5 Å². The van der Waals surface area contributed by atoms with E-state index in [-0.39, 0.29) is 30.3 Å². The lowest BCUT2D eigenvalue weighted by Crippen LogP contribution is -2.55. The van der Waals surface area contributed by atoms with E-state index in [1.165, 1.54) is 6.92 Å². The molecule has 1 aliphatic heterocycles. The highest BCUT2D eigenvalue weighted by Crippen LogP contribution is 2.44. The number of methoxy groups -OCH3 is 1. The SMILES string of the molecule is CCOC(=O)C1(C(=O)OC)Oc2ccc(CC(C)=O)c(CC)c2O1. The molecule has 130 valence electrons. The van der Waals surface area contributed by atoms with Gasteiger partial charge in [-0.15, -0.1) is 0 Å². The Hall–Kier alpha value is -2.57. The number of rotatable bonds is 6. The van der Waals surface area contributed by atoms with Crippen molar-refractivity contribution in [2.24, 2.45) is 0 Å². The Morgan fingerprint density at radius 2 is 1.83 bits per heavy atom. The highest BCUT2D eigenvalue weighted by molar-refractivity contribution is 6.03. The van der Waals surface area contributed by atoms with E-state index in [2.05, 4.69) is 4.74 Å². The molecule has 7 heteroatoms. The van der Waals surface area contributed by atoms with Gasteiger partial charge in [-0.25, -0.2) is 9.59 Å². The van der Waals surface area contributed by atoms with Gasteiger partial charge in [0.2, 0.25) is 0 Å². The lowest BCUT2D eigenvalue weighted by Gasteiger charge is -2.22.